The number of aromatic hydroxyl groups is 1. The molecule has 22 heteroatoms. The number of thiocarbonyl (C=S) groups is 1. The van der Waals surface area contributed by atoms with Gasteiger partial charge in [0.2, 0.25) is 0 Å². The van der Waals surface area contributed by atoms with Gasteiger partial charge in [0.1, 0.15) is 30.6 Å². The standard InChI is InChI=1S/C34H42N3O10PS.C23H50NO5P/c38-17-7-3-1-5-15-35-22-46-48(43,44)45-18-8-4-2-6-16-36-34(49)37-23-9-12-26(29(19-23)33(41)42)32-27-13-10-24(39)20-30(27)47-31-21-25(40)11-14-28(31)32;1-2-3-4-5-6-7-8-9-10-11-12-13-16-19-22-28-30(26,27)29-23-24-20-17-14-15-18-21-25/h9-14,19-21,35,38-39H,1-8,15-18,22H2,(H,41,42)(H,43,44)(H2,36,37,49);24-25H,2-23H2,1H3,(H,26,27)/p-2. The van der Waals surface area contributed by atoms with Crippen molar-refractivity contribution in [3.8, 4) is 28.2 Å². The van der Waals surface area contributed by atoms with Gasteiger partial charge in [-0.1, -0.05) is 135 Å². The van der Waals surface area contributed by atoms with Gasteiger partial charge in [0, 0.05) is 54.1 Å². The average Bonchev–Trinajstić information content (AvgIpc) is 3.58. The second kappa shape index (κ2) is 42.0. The molecule has 0 amide bonds. The van der Waals surface area contributed by atoms with E-state index in [2.05, 4.69) is 28.2 Å². The van der Waals surface area contributed by atoms with E-state index in [1.807, 2.05) is 0 Å². The van der Waals surface area contributed by atoms with Crippen molar-refractivity contribution in [2.75, 3.05) is 64.8 Å². The van der Waals surface area contributed by atoms with Crippen LogP contribution in [-0.2, 0) is 27.2 Å². The first-order chi connectivity index (χ1) is 38.2. The molecule has 8 N–H and O–H groups in total. The Morgan fingerprint density at radius 1 is 0.595 bits per heavy atom. The normalized spacial score (nSPS) is 13.0. The summed E-state index contributed by atoms with van der Waals surface area (Å²) in [7, 11) is -8.56. The Balaban J connectivity index is 0.000000471. The van der Waals surface area contributed by atoms with Gasteiger partial charge in [0.15, 0.2) is 10.5 Å². The second-order valence-corrected chi connectivity index (χ2v) is 22.9. The van der Waals surface area contributed by atoms with Crippen molar-refractivity contribution in [3.05, 3.63) is 70.4 Å². The third-order valence-corrected chi connectivity index (χ3v) is 15.1. The molecule has 19 nitrogen and oxygen atoms in total. The summed E-state index contributed by atoms with van der Waals surface area (Å²) in [6.45, 7) is 4.58. The fourth-order valence-corrected chi connectivity index (χ4v) is 10.2. The Kier molecular flexibility index (Phi) is 36.9. The molecule has 1 heterocycles. The molecule has 2 unspecified atom stereocenters. The van der Waals surface area contributed by atoms with Gasteiger partial charge in [-0.15, -0.1) is 0 Å². The van der Waals surface area contributed by atoms with Crippen LogP contribution in [0.25, 0.3) is 33.4 Å². The number of carbonyl (C=O) groups is 1. The van der Waals surface area contributed by atoms with E-state index in [1.165, 1.54) is 101 Å². The first kappa shape index (κ1) is 69.4. The van der Waals surface area contributed by atoms with E-state index in [4.69, 9.17) is 44.9 Å². The Hall–Kier alpha value is -3.85. The van der Waals surface area contributed by atoms with Crippen LogP contribution in [-0.4, -0.2) is 91.0 Å². The van der Waals surface area contributed by atoms with Crippen LogP contribution < -0.4 is 36.5 Å². The summed E-state index contributed by atoms with van der Waals surface area (Å²) in [6, 6.07) is 13.7. The van der Waals surface area contributed by atoms with Crippen LogP contribution in [0.2, 0.25) is 0 Å². The first-order valence-electron chi connectivity index (χ1n) is 28.7. The van der Waals surface area contributed by atoms with Crippen LogP contribution in [0.15, 0.2) is 63.8 Å². The van der Waals surface area contributed by atoms with Gasteiger partial charge < -0.3 is 63.4 Å². The number of unbranched alkanes of at least 4 members (excludes halogenated alkanes) is 22. The second-order valence-electron chi connectivity index (χ2n) is 19.7. The maximum atomic E-state index is 12.4. The van der Waals surface area contributed by atoms with Crippen LogP contribution in [0.1, 0.15) is 184 Å². The van der Waals surface area contributed by atoms with Crippen molar-refractivity contribution in [1.82, 2.24) is 16.0 Å². The molecule has 4 rings (SSSR count). The molecule has 1 aliphatic heterocycles. The number of fused-ring (bicyclic) bond motifs is 2. The lowest BCUT2D eigenvalue weighted by molar-refractivity contribution is -0.227. The summed E-state index contributed by atoms with van der Waals surface area (Å²) < 4.78 is 48.8. The van der Waals surface area contributed by atoms with Crippen molar-refractivity contribution in [3.63, 3.8) is 0 Å². The molecule has 2 aromatic carbocycles. The molecule has 0 radical (unpaired) electrons. The summed E-state index contributed by atoms with van der Waals surface area (Å²) in [5.74, 6) is -0.940. The molecular weight excluding hydrogens is 1070 g/mol. The monoisotopic (exact) mass is 1160 g/mol. The minimum Gasteiger partial charge on any atom is -0.756 e. The van der Waals surface area contributed by atoms with Crippen LogP contribution in [0.3, 0.4) is 0 Å². The highest BCUT2D eigenvalue weighted by molar-refractivity contribution is 7.80. The Morgan fingerprint density at radius 2 is 1.08 bits per heavy atom. The number of phosphoric acid groups is 2. The average molecular weight is 1170 g/mol. The van der Waals surface area contributed by atoms with Crippen LogP contribution in [0, 0.1) is 0 Å². The van der Waals surface area contributed by atoms with Gasteiger partial charge in [-0.2, -0.15) is 0 Å². The third kappa shape index (κ3) is 31.2. The van der Waals surface area contributed by atoms with E-state index in [9.17, 15) is 38.7 Å². The van der Waals surface area contributed by atoms with Gasteiger partial charge in [0.05, 0.1) is 18.8 Å². The molecule has 2 atom stereocenters. The van der Waals surface area contributed by atoms with E-state index < -0.39 is 21.6 Å². The minimum absolute atomic E-state index is 0.00214. The predicted octanol–water partition coefficient (Wildman–Crippen LogP) is 11.5. The molecule has 446 valence electrons. The number of phenols is 1. The first-order valence-corrected chi connectivity index (χ1v) is 32.0. The van der Waals surface area contributed by atoms with Crippen molar-refractivity contribution in [2.45, 2.75) is 174 Å². The van der Waals surface area contributed by atoms with E-state index in [-0.39, 0.29) is 62.4 Å². The lowest BCUT2D eigenvalue weighted by Gasteiger charge is -2.22. The van der Waals surface area contributed by atoms with Crippen molar-refractivity contribution < 1.29 is 66.6 Å². The number of aliphatic hydroxyl groups excluding tert-OH is 2. The number of aliphatic hydroxyl groups is 2. The topological polar surface area (TPSA) is 294 Å². The predicted molar refractivity (Wildman–Crippen MR) is 312 cm³/mol. The lowest BCUT2D eigenvalue weighted by atomic mass is 9.90. The zero-order valence-corrected chi connectivity index (χ0v) is 49.1. The molecule has 2 aliphatic rings. The SMILES string of the molecule is CCCCCCCCCCCCCCCCOP(=O)([O-])OCNCCCCCCO.O=C(O)c1cc(NC(=S)NCCCCCCOP(=O)([O-])OCNCCCCCCO)ccc1-c1c2ccc(=O)cc-2oc2cc(O)ccc12. The number of carboxylic acids is 1. The Bertz CT molecular complexity index is 2430. The van der Waals surface area contributed by atoms with Crippen molar-refractivity contribution in [2.24, 2.45) is 0 Å². The number of phenolic OH excluding ortho intramolecular Hbond substituents is 1. The number of phosphoric ester groups is 2. The Labute approximate surface area is 473 Å². The summed E-state index contributed by atoms with van der Waals surface area (Å²) in [6.07, 6.45) is 27.8. The van der Waals surface area contributed by atoms with E-state index in [1.54, 1.807) is 24.3 Å². The molecule has 79 heavy (non-hydrogen) atoms. The molecule has 0 saturated carbocycles. The van der Waals surface area contributed by atoms with Crippen LogP contribution >= 0.6 is 27.9 Å². The molecule has 0 saturated heterocycles. The fraction of sp³-hybridized carbons (Fsp3) is 0.632. The maximum Gasteiger partial charge on any atom is 0.336 e. The van der Waals surface area contributed by atoms with Gasteiger partial charge in [0.25, 0.3) is 15.6 Å². The van der Waals surface area contributed by atoms with Crippen molar-refractivity contribution >= 4 is 55.6 Å². The highest BCUT2D eigenvalue weighted by atomic mass is 32.1. The number of carboxylic acid groups (broad SMARTS) is 1. The van der Waals surface area contributed by atoms with Crippen molar-refractivity contribution in [1.29, 1.82) is 0 Å². The van der Waals surface area contributed by atoms with Gasteiger partial charge in [-0.25, -0.2) is 4.79 Å². The maximum absolute atomic E-state index is 12.4. The van der Waals surface area contributed by atoms with Gasteiger partial charge in [-0.3, -0.25) is 24.6 Å². The summed E-state index contributed by atoms with van der Waals surface area (Å²) in [5.41, 5.74) is 1.98. The number of benzene rings is 3. The molecule has 0 fully saturated rings. The number of rotatable bonds is 45. The summed E-state index contributed by atoms with van der Waals surface area (Å²) in [5, 5.41) is 50.4. The van der Waals surface area contributed by atoms with E-state index in [0.29, 0.717) is 64.5 Å². The third-order valence-electron chi connectivity index (χ3n) is 13.0. The van der Waals surface area contributed by atoms with Gasteiger partial charge in [-0.05, 0) is 112 Å². The largest absolute Gasteiger partial charge is 0.756 e. The van der Waals surface area contributed by atoms with E-state index >= 15 is 0 Å². The van der Waals surface area contributed by atoms with E-state index in [0.717, 1.165) is 89.9 Å². The molecule has 1 aliphatic carbocycles. The summed E-state index contributed by atoms with van der Waals surface area (Å²) >= 11 is 5.41. The number of anilines is 1. The highest BCUT2D eigenvalue weighted by Gasteiger charge is 2.23. The fourth-order valence-electron chi connectivity index (χ4n) is 8.67. The Morgan fingerprint density at radius 3 is 1.59 bits per heavy atom. The van der Waals surface area contributed by atoms with Crippen LogP contribution in [0.4, 0.5) is 5.69 Å². The zero-order chi connectivity index (χ0) is 57.4. The molecule has 0 bridgehead atoms. The number of aromatic carboxylic acids is 1. The van der Waals surface area contributed by atoms with Crippen LogP contribution in [0.5, 0.6) is 5.75 Å². The molecule has 2 aromatic rings. The number of hydrogen-bond acceptors (Lipinski definition) is 17. The molecular formula is C57H90N4O15P2S-2. The number of hydrogen-bond donors (Lipinski definition) is 8. The minimum atomic E-state index is -4.37. The molecule has 0 aromatic heterocycles. The molecule has 0 spiro atoms. The number of nitrogens with one attached hydrogen (secondary N) is 4. The highest BCUT2D eigenvalue weighted by Crippen LogP contribution is 2.43. The zero-order valence-electron chi connectivity index (χ0n) is 46.5. The smallest absolute Gasteiger partial charge is 0.336 e. The summed E-state index contributed by atoms with van der Waals surface area (Å²) in [4.78, 5) is 48.0. The van der Waals surface area contributed by atoms with Gasteiger partial charge >= 0.3 is 5.97 Å². The quantitative estimate of drug-likeness (QED) is 0.00671. The lowest BCUT2D eigenvalue weighted by Crippen LogP contribution is -2.29.